The van der Waals surface area contributed by atoms with Crippen molar-refractivity contribution in [3.8, 4) is 0 Å². The Morgan fingerprint density at radius 1 is 1.90 bits per heavy atom. The monoisotopic (exact) mass is 159 g/mol. The van der Waals surface area contributed by atoms with E-state index in [4.69, 9.17) is 5.73 Å². The van der Waals surface area contributed by atoms with E-state index in [1.807, 2.05) is 11.8 Å². The van der Waals surface area contributed by atoms with E-state index < -0.39 is 0 Å². The van der Waals surface area contributed by atoms with Crippen molar-refractivity contribution in [1.82, 2.24) is 5.32 Å². The van der Waals surface area contributed by atoms with Gasteiger partial charge in [-0.25, -0.2) is 0 Å². The number of hydrogen-bond donors (Lipinski definition) is 2. The summed E-state index contributed by atoms with van der Waals surface area (Å²) in [6.07, 6.45) is 3.27. The van der Waals surface area contributed by atoms with Crippen LogP contribution in [0.2, 0.25) is 0 Å². The molecule has 0 aromatic carbocycles. The van der Waals surface area contributed by atoms with E-state index in [0.717, 1.165) is 13.0 Å². The average molecular weight is 159 g/mol. The summed E-state index contributed by atoms with van der Waals surface area (Å²) >= 11 is 1.86. The third-order valence-electron chi connectivity index (χ3n) is 1.50. The number of hydrogen-bond acceptors (Lipinski definition) is 4. The van der Waals surface area contributed by atoms with Crippen molar-refractivity contribution in [2.75, 3.05) is 18.6 Å². The highest BCUT2D eigenvalue weighted by molar-refractivity contribution is 7.98. The van der Waals surface area contributed by atoms with Gasteiger partial charge in [-0.1, -0.05) is 0 Å². The maximum absolute atomic E-state index is 5.43. The molecule has 1 unspecified atom stereocenters. The van der Waals surface area contributed by atoms with Crippen molar-refractivity contribution < 1.29 is 0 Å². The number of nitrogens with two attached hydrogens (primary N) is 1. The van der Waals surface area contributed by atoms with Gasteiger partial charge in [0.2, 0.25) is 0 Å². The SMILES string of the molecule is CSCCC1CN=C(N)N1. The fraction of sp³-hybridized carbons (Fsp3) is 0.833. The lowest BCUT2D eigenvalue weighted by molar-refractivity contribution is 0.640. The normalized spacial score (nSPS) is 24.1. The van der Waals surface area contributed by atoms with Gasteiger partial charge in [-0.05, 0) is 18.4 Å². The molecule has 0 fully saturated rings. The molecule has 1 aliphatic heterocycles. The van der Waals surface area contributed by atoms with Crippen LogP contribution in [0.1, 0.15) is 6.42 Å². The summed E-state index contributed by atoms with van der Waals surface area (Å²) in [6.45, 7) is 0.854. The number of guanidine groups is 1. The van der Waals surface area contributed by atoms with Crippen molar-refractivity contribution in [2.24, 2.45) is 10.7 Å². The second kappa shape index (κ2) is 3.71. The molecule has 0 radical (unpaired) electrons. The number of nitrogens with one attached hydrogen (secondary N) is 1. The van der Waals surface area contributed by atoms with Crippen LogP contribution < -0.4 is 11.1 Å². The fourth-order valence-electron chi connectivity index (χ4n) is 0.933. The van der Waals surface area contributed by atoms with Crippen LogP contribution in [-0.2, 0) is 0 Å². The molecular weight excluding hydrogens is 146 g/mol. The van der Waals surface area contributed by atoms with Crippen molar-refractivity contribution in [1.29, 1.82) is 0 Å². The Bertz CT molecular complexity index is 135. The van der Waals surface area contributed by atoms with Gasteiger partial charge >= 0.3 is 0 Å². The average Bonchev–Trinajstić information content (AvgIpc) is 2.31. The number of thioether (sulfide) groups is 1. The molecule has 0 spiro atoms. The quantitative estimate of drug-likeness (QED) is 0.610. The Labute approximate surface area is 65.5 Å². The zero-order valence-electron chi connectivity index (χ0n) is 6.13. The van der Waals surface area contributed by atoms with Crippen LogP contribution in [0.15, 0.2) is 4.99 Å². The molecule has 3 nitrogen and oxygen atoms in total. The summed E-state index contributed by atoms with van der Waals surface area (Å²) in [6, 6.07) is 0.493. The Morgan fingerprint density at radius 2 is 2.70 bits per heavy atom. The summed E-state index contributed by atoms with van der Waals surface area (Å²) in [4.78, 5) is 4.04. The molecule has 1 aliphatic rings. The summed E-state index contributed by atoms with van der Waals surface area (Å²) in [5.41, 5.74) is 5.43. The number of rotatable bonds is 3. The molecule has 3 N–H and O–H groups in total. The topological polar surface area (TPSA) is 50.4 Å². The van der Waals surface area contributed by atoms with Crippen molar-refractivity contribution in [3.63, 3.8) is 0 Å². The molecule has 1 rings (SSSR count). The molecule has 10 heavy (non-hydrogen) atoms. The van der Waals surface area contributed by atoms with Crippen LogP contribution in [0.5, 0.6) is 0 Å². The minimum Gasteiger partial charge on any atom is -0.370 e. The van der Waals surface area contributed by atoms with Crippen LogP contribution >= 0.6 is 11.8 Å². The van der Waals surface area contributed by atoms with Gasteiger partial charge in [-0.15, -0.1) is 0 Å². The van der Waals surface area contributed by atoms with Crippen LogP contribution in [0.3, 0.4) is 0 Å². The molecule has 0 aliphatic carbocycles. The molecule has 0 aromatic heterocycles. The third kappa shape index (κ3) is 2.10. The van der Waals surface area contributed by atoms with Gasteiger partial charge in [0, 0.05) is 6.04 Å². The molecule has 0 amide bonds. The first-order chi connectivity index (χ1) is 4.83. The number of nitrogens with zero attached hydrogens (tertiary/aromatic N) is 1. The first-order valence-electron chi connectivity index (χ1n) is 3.38. The van der Waals surface area contributed by atoms with Crippen LogP contribution in [0, 0.1) is 0 Å². The third-order valence-corrected chi connectivity index (χ3v) is 2.15. The standard InChI is InChI=1S/C6H13N3S/c1-10-3-2-5-4-8-6(7)9-5/h5H,2-4H2,1H3,(H3,7,8,9). The van der Waals surface area contributed by atoms with E-state index in [2.05, 4.69) is 16.6 Å². The second-order valence-electron chi connectivity index (χ2n) is 2.35. The lowest BCUT2D eigenvalue weighted by Crippen LogP contribution is -2.35. The second-order valence-corrected chi connectivity index (χ2v) is 3.33. The maximum Gasteiger partial charge on any atom is 0.188 e. The van der Waals surface area contributed by atoms with E-state index in [9.17, 15) is 0 Å². The van der Waals surface area contributed by atoms with E-state index in [-0.39, 0.29) is 0 Å². The minimum atomic E-state index is 0.493. The molecule has 1 heterocycles. The zero-order valence-corrected chi connectivity index (χ0v) is 6.95. The van der Waals surface area contributed by atoms with E-state index in [1.54, 1.807) is 0 Å². The highest BCUT2D eigenvalue weighted by Gasteiger charge is 2.13. The lowest BCUT2D eigenvalue weighted by atomic mass is 10.2. The van der Waals surface area contributed by atoms with Crippen molar-refractivity contribution >= 4 is 17.7 Å². The molecule has 0 bridgehead atoms. The smallest absolute Gasteiger partial charge is 0.188 e. The van der Waals surface area contributed by atoms with Gasteiger partial charge in [0.25, 0.3) is 0 Å². The van der Waals surface area contributed by atoms with Crippen LogP contribution in [0.25, 0.3) is 0 Å². The van der Waals surface area contributed by atoms with Gasteiger partial charge in [-0.3, -0.25) is 4.99 Å². The van der Waals surface area contributed by atoms with Crippen LogP contribution in [0.4, 0.5) is 0 Å². The Hall–Kier alpha value is -0.380. The van der Waals surface area contributed by atoms with Crippen molar-refractivity contribution in [3.05, 3.63) is 0 Å². The summed E-state index contributed by atoms with van der Waals surface area (Å²) in [5, 5.41) is 3.10. The molecule has 0 saturated heterocycles. The lowest BCUT2D eigenvalue weighted by Gasteiger charge is -2.07. The molecule has 1 atom stereocenters. The number of aliphatic imine (C=N–C) groups is 1. The molecule has 0 aromatic rings. The van der Waals surface area contributed by atoms with Gasteiger partial charge in [0.1, 0.15) is 0 Å². The summed E-state index contributed by atoms with van der Waals surface area (Å²) < 4.78 is 0. The zero-order chi connectivity index (χ0) is 7.40. The van der Waals surface area contributed by atoms with Crippen molar-refractivity contribution in [2.45, 2.75) is 12.5 Å². The Morgan fingerprint density at radius 3 is 3.20 bits per heavy atom. The molecular formula is C6H13N3S. The van der Waals surface area contributed by atoms with E-state index in [1.165, 1.54) is 5.75 Å². The predicted octanol–water partition coefficient (Wildman–Crippen LogP) is 0.0260. The van der Waals surface area contributed by atoms with Gasteiger partial charge in [0.05, 0.1) is 6.54 Å². The molecule has 58 valence electrons. The summed E-state index contributed by atoms with van der Waals surface area (Å²) in [5.74, 6) is 1.78. The van der Waals surface area contributed by atoms with Gasteiger partial charge < -0.3 is 11.1 Å². The van der Waals surface area contributed by atoms with Crippen LogP contribution in [-0.4, -0.2) is 30.6 Å². The van der Waals surface area contributed by atoms with Gasteiger partial charge in [-0.2, -0.15) is 11.8 Å². The first kappa shape index (κ1) is 7.72. The Balaban J connectivity index is 2.11. The summed E-state index contributed by atoms with van der Waals surface area (Å²) in [7, 11) is 0. The first-order valence-corrected chi connectivity index (χ1v) is 4.77. The Kier molecular flexibility index (Phi) is 2.86. The van der Waals surface area contributed by atoms with Gasteiger partial charge in [0.15, 0.2) is 5.96 Å². The minimum absolute atomic E-state index is 0.493. The predicted molar refractivity (Wildman–Crippen MR) is 46.4 cm³/mol. The van der Waals surface area contributed by atoms with E-state index in [0.29, 0.717) is 12.0 Å². The highest BCUT2D eigenvalue weighted by Crippen LogP contribution is 2.03. The molecule has 4 heteroatoms. The highest BCUT2D eigenvalue weighted by atomic mass is 32.2. The van der Waals surface area contributed by atoms with E-state index >= 15 is 0 Å². The molecule has 0 saturated carbocycles. The largest absolute Gasteiger partial charge is 0.370 e. The maximum atomic E-state index is 5.43. The fourth-order valence-corrected chi connectivity index (χ4v) is 1.45.